The van der Waals surface area contributed by atoms with Gasteiger partial charge in [0.2, 0.25) is 0 Å². The van der Waals surface area contributed by atoms with E-state index in [4.69, 9.17) is 14.2 Å². The van der Waals surface area contributed by atoms with Crippen molar-refractivity contribution in [2.24, 2.45) is 0 Å². The first-order valence-electron chi connectivity index (χ1n) is 37.6. The zero-order chi connectivity index (χ0) is 81.6. The van der Waals surface area contributed by atoms with E-state index < -0.39 is 88.8 Å². The van der Waals surface area contributed by atoms with E-state index >= 15 is 0 Å². The molecule has 0 spiro atoms. The smallest absolute Gasteiger partial charge is 0.333 e. The molecule has 0 radical (unpaired) electrons. The van der Waals surface area contributed by atoms with Crippen molar-refractivity contribution in [3.8, 4) is 0 Å². The SMILES string of the molecule is C=C(C)C(=O)OCCC[Si](C)(C)C.C=CC(=O)OCCC[Si](C)(C)C.C=C[Si](C)(C)C.C=C[Si](C)(C)C.C=C[Si](C)(C)C.C[SiH](C)C.C[SiH](C)C.C[Si](C)(C)C.C[Si](C)(C)C.C[Si](C)(C)CCC1CO1.C[Si](C)(C)c1ccccc1.C[Si](C)(C)c1ccccc1.C[Si](C)(C)c1ccccc1. The lowest BCUT2D eigenvalue weighted by atomic mass is 10.4. The normalized spacial score (nSPS) is 12.5. The fraction of sp³-hybridized carbons (Fsp3) is 0.634. The fourth-order valence-corrected chi connectivity index (χ4v) is 12.5. The van der Waals surface area contributed by atoms with Gasteiger partial charge in [-0.25, -0.2) is 9.59 Å². The average Bonchev–Trinajstić information content (AvgIpc) is 1.63. The molecule has 0 aliphatic carbocycles. The highest BCUT2D eigenvalue weighted by molar-refractivity contribution is 6.89. The van der Waals surface area contributed by atoms with Crippen LogP contribution < -0.4 is 15.6 Å². The van der Waals surface area contributed by atoms with E-state index in [1.54, 1.807) is 6.92 Å². The van der Waals surface area contributed by atoms with Crippen LogP contribution in [0, 0.1) is 0 Å². The zero-order valence-corrected chi connectivity index (χ0v) is 88.5. The molecule has 1 heterocycles. The molecule has 18 heteroatoms. The topological polar surface area (TPSA) is 65.1 Å². The molecule has 1 fully saturated rings. The first-order chi connectivity index (χ1) is 44.3. The van der Waals surface area contributed by atoms with E-state index in [1.165, 1.54) is 46.2 Å². The van der Waals surface area contributed by atoms with Crippen molar-refractivity contribution in [2.45, 2.75) is 319 Å². The quantitative estimate of drug-likeness (QED) is 0.0393. The summed E-state index contributed by atoms with van der Waals surface area (Å²) in [5, 5.41) is 4.61. The first-order valence-corrected chi connectivity index (χ1v) is 84.9. The molecule has 1 atom stereocenters. The van der Waals surface area contributed by atoms with Gasteiger partial charge in [0.15, 0.2) is 0 Å². The van der Waals surface area contributed by atoms with Crippen molar-refractivity contribution in [3.63, 3.8) is 0 Å². The predicted octanol–water partition coefficient (Wildman–Crippen LogP) is 26.4. The maximum absolute atomic E-state index is 11.0. The second kappa shape index (κ2) is 60.1. The standard InChI is InChI=1S/C10H20O2Si.C9H18O2Si.3C9H14Si.C7H16OSi.3C5H12Si.2C4H12Si.2C3H10Si/c1-9(2)10(11)12-7-6-8-13(3,4)5;1-5-9(10)11-7-6-8-12(2,3)4;3*1-10(2,3)9-7-5-4-6-8-9;1-9(2,3)5-4-7-6-8-7;3*1-5-6(2,3)4;2*1-5(2,3)4;2*1-4(2)3/h1,6-8H2,2-5H3;5H,1,6-8H2,2-4H3;3*4-8H,1-3H3;7H,4-6H2,1-3H3;3*5H,1H2,2-4H3;2*1-4H3;2*4H,1-3H3. The van der Waals surface area contributed by atoms with Gasteiger partial charge in [-0.3, -0.25) is 0 Å². The molecule has 1 saturated heterocycles. The number of rotatable bonds is 19. The van der Waals surface area contributed by atoms with Gasteiger partial charge in [-0.1, -0.05) is 406 Å². The summed E-state index contributed by atoms with van der Waals surface area (Å²) in [4.78, 5) is 21.6. The summed E-state index contributed by atoms with van der Waals surface area (Å²) in [6.45, 7) is 117. The van der Waals surface area contributed by atoms with Crippen molar-refractivity contribution < 1.29 is 23.8 Å². The molecule has 0 amide bonds. The number of esters is 2. The maximum atomic E-state index is 11.0. The minimum atomic E-state index is -1.03. The number of carbonyl (C=O) groups is 2. The van der Waals surface area contributed by atoms with Gasteiger partial charge in [0.25, 0.3) is 0 Å². The van der Waals surface area contributed by atoms with Gasteiger partial charge < -0.3 is 14.2 Å². The average molecular weight is 1610 g/mol. The lowest BCUT2D eigenvalue weighted by molar-refractivity contribution is -0.139. The van der Waals surface area contributed by atoms with E-state index in [0.717, 1.165) is 19.4 Å². The van der Waals surface area contributed by atoms with Crippen molar-refractivity contribution >= 4 is 134 Å². The highest BCUT2D eigenvalue weighted by Crippen LogP contribution is 2.21. The number of hydrogen-bond acceptors (Lipinski definition) is 5. The molecule has 1 aliphatic heterocycles. The minimum absolute atomic E-state index is 0.139. The summed E-state index contributed by atoms with van der Waals surface area (Å²) < 4.78 is 15.0. The number of ether oxygens (including phenoxy) is 3. The maximum Gasteiger partial charge on any atom is 0.333 e. The van der Waals surface area contributed by atoms with Crippen LogP contribution in [0.5, 0.6) is 0 Å². The molecular weight excluding hydrogens is 1430 g/mol. The number of carbonyl (C=O) groups excluding carboxylic acids is 2. The first kappa shape index (κ1) is 116. The molecule has 3 aromatic rings. The number of hydrogen-bond donors (Lipinski definition) is 0. The largest absolute Gasteiger partial charge is 0.463 e. The Balaban J connectivity index is -0.000000130. The van der Waals surface area contributed by atoms with Gasteiger partial charge in [-0.05, 0) is 26.2 Å². The lowest BCUT2D eigenvalue weighted by Crippen LogP contribution is -2.37. The van der Waals surface area contributed by atoms with Crippen LogP contribution in [-0.4, -0.2) is 144 Å². The Morgan fingerprint density at radius 3 is 0.750 bits per heavy atom. The Morgan fingerprint density at radius 2 is 0.610 bits per heavy atom. The van der Waals surface area contributed by atoms with Gasteiger partial charge in [0.05, 0.1) is 74.4 Å². The molecule has 100 heavy (non-hydrogen) atoms. The molecule has 4 rings (SSSR count). The Morgan fingerprint density at radius 1 is 0.410 bits per heavy atom. The summed E-state index contributed by atoms with van der Waals surface area (Å²) >= 11 is 0. The van der Waals surface area contributed by atoms with Crippen LogP contribution in [0.15, 0.2) is 153 Å². The molecule has 0 bridgehead atoms. The Hall–Kier alpha value is -1.92. The monoisotopic (exact) mass is 1610 g/mol. The molecular formula is C82H176O5Si13. The summed E-state index contributed by atoms with van der Waals surface area (Å²) in [5.41, 5.74) is 6.71. The van der Waals surface area contributed by atoms with Gasteiger partial charge in [-0.15, -0.1) is 36.8 Å². The highest BCUT2D eigenvalue weighted by atomic mass is 28.3. The van der Waals surface area contributed by atoms with Crippen LogP contribution in [-0.2, 0) is 23.8 Å². The molecule has 5 nitrogen and oxygen atoms in total. The summed E-state index contributed by atoms with van der Waals surface area (Å²) in [7, 11) is -9.89. The van der Waals surface area contributed by atoms with Gasteiger partial charge >= 0.3 is 11.9 Å². The lowest BCUT2D eigenvalue weighted by Gasteiger charge is -2.15. The van der Waals surface area contributed by atoms with Crippen molar-refractivity contribution in [1.29, 1.82) is 0 Å². The van der Waals surface area contributed by atoms with E-state index in [-0.39, 0.29) is 29.5 Å². The Bertz CT molecular complexity index is 2250. The molecule has 586 valence electrons. The summed E-state index contributed by atoms with van der Waals surface area (Å²) in [6, 6.07) is 36.1. The molecule has 1 unspecified atom stereocenters. The van der Waals surface area contributed by atoms with Crippen LogP contribution in [0.25, 0.3) is 0 Å². The Labute approximate surface area is 643 Å². The number of benzene rings is 3. The molecule has 0 N–H and O–H groups in total. The van der Waals surface area contributed by atoms with E-state index in [1.807, 2.05) is 0 Å². The third-order valence-corrected chi connectivity index (χ3v) is 26.9. The molecule has 3 aromatic carbocycles. The third-order valence-electron chi connectivity index (χ3n) is 11.5. The van der Waals surface area contributed by atoms with Crippen LogP contribution in [0.3, 0.4) is 0 Å². The van der Waals surface area contributed by atoms with E-state index in [9.17, 15) is 9.59 Å². The fourth-order valence-electron chi connectivity index (χ4n) is 5.37. The van der Waals surface area contributed by atoms with Crippen LogP contribution in [0.2, 0.25) is 287 Å². The summed E-state index contributed by atoms with van der Waals surface area (Å²) in [5.74, 6) is -0.582. The van der Waals surface area contributed by atoms with Crippen molar-refractivity contribution in [2.75, 3.05) is 19.8 Å². The molecule has 0 saturated carbocycles. The zero-order valence-electron chi connectivity index (χ0n) is 75.1. The molecule has 0 aromatic heterocycles. The minimum Gasteiger partial charge on any atom is -0.463 e. The van der Waals surface area contributed by atoms with Crippen molar-refractivity contribution in [3.05, 3.63) is 153 Å². The highest BCUT2D eigenvalue weighted by Gasteiger charge is 2.25. The predicted molar refractivity (Wildman–Crippen MR) is 512 cm³/mol. The van der Waals surface area contributed by atoms with Gasteiger partial charge in [0, 0.05) is 69.6 Å². The summed E-state index contributed by atoms with van der Waals surface area (Å²) in [6.07, 6.45) is 5.13. The van der Waals surface area contributed by atoms with Crippen LogP contribution in [0.4, 0.5) is 0 Å². The van der Waals surface area contributed by atoms with Crippen molar-refractivity contribution in [1.82, 2.24) is 0 Å². The second-order valence-corrected chi connectivity index (χ2v) is 107. The van der Waals surface area contributed by atoms with E-state index in [2.05, 4.69) is 409 Å². The van der Waals surface area contributed by atoms with Crippen LogP contribution in [0.1, 0.15) is 26.2 Å². The molecule has 1 aliphatic rings. The van der Waals surface area contributed by atoms with Crippen LogP contribution >= 0.6 is 0 Å². The third kappa shape index (κ3) is 135. The number of epoxide rings is 1. The Kier molecular flexibility index (Phi) is 70.0. The van der Waals surface area contributed by atoms with Gasteiger partial charge in [-0.2, -0.15) is 0 Å². The van der Waals surface area contributed by atoms with E-state index in [0.29, 0.717) is 24.9 Å². The van der Waals surface area contributed by atoms with Gasteiger partial charge in [0.1, 0.15) is 0 Å². The second-order valence-electron chi connectivity index (χ2n) is 40.7.